The van der Waals surface area contributed by atoms with Crippen molar-refractivity contribution in [2.45, 2.75) is 19.4 Å². The fraction of sp³-hybridized carbons (Fsp3) is 0.429. The zero-order valence-corrected chi connectivity index (χ0v) is 19.7. The maximum Gasteiger partial charge on any atom is 0.330 e. The summed E-state index contributed by atoms with van der Waals surface area (Å²) in [7, 11) is -0.726. The highest BCUT2D eigenvalue weighted by atomic mass is 31.2. The molecule has 0 aliphatic carbocycles. The summed E-state index contributed by atoms with van der Waals surface area (Å²) in [5, 5.41) is 0. The molecule has 0 amide bonds. The van der Waals surface area contributed by atoms with E-state index in [4.69, 9.17) is 22.8 Å². The van der Waals surface area contributed by atoms with Gasteiger partial charge in [0, 0.05) is 28.4 Å². The van der Waals surface area contributed by atoms with E-state index < -0.39 is 15.2 Å². The normalized spacial score (nSPS) is 12.1. The minimum absolute atomic E-state index is 0.246. The number of aryl methyl sites for hydroxylation is 2. The van der Waals surface area contributed by atoms with E-state index in [1.807, 2.05) is 48.5 Å². The lowest BCUT2D eigenvalue weighted by molar-refractivity contribution is 0.275. The van der Waals surface area contributed by atoms with E-state index in [9.17, 15) is 9.13 Å². The average Bonchev–Trinajstić information content (AvgIpc) is 2.80. The Kier molecular flexibility index (Phi) is 9.76. The highest BCUT2D eigenvalue weighted by Crippen LogP contribution is 2.47. The lowest BCUT2D eigenvalue weighted by Crippen LogP contribution is -2.03. The molecule has 0 aromatic heterocycles. The predicted octanol–water partition coefficient (Wildman–Crippen LogP) is 5.32. The molecule has 0 saturated heterocycles. The Labute approximate surface area is 178 Å². The lowest BCUT2D eigenvalue weighted by Gasteiger charge is -2.16. The Balaban J connectivity index is 2.19. The standard InChI is InChI=1S/C21H30O7P2/c1-24-29(22,25-2)12-10-19-14-20(11-13-30(23,26-3)27-4)16-21(15-19)28-17-18-8-6-5-7-9-18/h5-9,14-16H,10-13,17H2,1-4H3. The topological polar surface area (TPSA) is 80.3 Å². The van der Waals surface area contributed by atoms with Gasteiger partial charge in [0.2, 0.25) is 0 Å². The Morgan fingerprint density at radius 2 is 1.13 bits per heavy atom. The summed E-state index contributed by atoms with van der Waals surface area (Å²) in [6, 6.07) is 15.7. The molecule has 0 unspecified atom stereocenters. The van der Waals surface area contributed by atoms with Crippen molar-refractivity contribution in [3.8, 4) is 5.75 Å². The van der Waals surface area contributed by atoms with Crippen LogP contribution in [-0.2, 0) is 46.7 Å². The van der Waals surface area contributed by atoms with E-state index >= 15 is 0 Å². The molecule has 9 heteroatoms. The molecule has 0 radical (unpaired) electrons. The van der Waals surface area contributed by atoms with Crippen LogP contribution in [0.25, 0.3) is 0 Å². The van der Waals surface area contributed by atoms with Crippen LogP contribution in [0.3, 0.4) is 0 Å². The Hall–Kier alpha value is -1.46. The summed E-state index contributed by atoms with van der Waals surface area (Å²) in [6.45, 7) is 0.424. The zero-order chi connectivity index (χ0) is 22.0. The molecule has 7 nitrogen and oxygen atoms in total. The van der Waals surface area contributed by atoms with Gasteiger partial charge in [0.05, 0.1) is 12.3 Å². The third kappa shape index (κ3) is 7.66. The van der Waals surface area contributed by atoms with Crippen LogP contribution in [0.4, 0.5) is 0 Å². The molecule has 30 heavy (non-hydrogen) atoms. The van der Waals surface area contributed by atoms with Crippen LogP contribution in [0.2, 0.25) is 0 Å². The Morgan fingerprint density at radius 1 is 0.667 bits per heavy atom. The van der Waals surface area contributed by atoms with Crippen LogP contribution in [0.5, 0.6) is 5.75 Å². The van der Waals surface area contributed by atoms with Crippen LogP contribution in [0.15, 0.2) is 48.5 Å². The van der Waals surface area contributed by atoms with Crippen molar-refractivity contribution in [3.63, 3.8) is 0 Å². The van der Waals surface area contributed by atoms with Gasteiger partial charge in [0.1, 0.15) is 12.4 Å². The van der Waals surface area contributed by atoms with Crippen molar-refractivity contribution in [1.29, 1.82) is 0 Å². The second-order valence-electron chi connectivity index (χ2n) is 6.66. The van der Waals surface area contributed by atoms with Crippen LogP contribution in [0, 0.1) is 0 Å². The third-order valence-corrected chi connectivity index (χ3v) is 8.50. The van der Waals surface area contributed by atoms with E-state index in [-0.39, 0.29) is 12.3 Å². The van der Waals surface area contributed by atoms with Crippen molar-refractivity contribution < 1.29 is 32.0 Å². The third-order valence-electron chi connectivity index (χ3n) is 4.74. The number of hydrogen-bond acceptors (Lipinski definition) is 7. The van der Waals surface area contributed by atoms with Crippen molar-refractivity contribution >= 4 is 15.2 Å². The molecule has 2 rings (SSSR count). The number of hydrogen-bond donors (Lipinski definition) is 0. The summed E-state index contributed by atoms with van der Waals surface area (Å²) in [4.78, 5) is 0. The SMILES string of the molecule is COP(=O)(CCc1cc(CCP(=O)(OC)OC)cc(OCc2ccccc2)c1)OC. The molecule has 0 spiro atoms. The summed E-state index contributed by atoms with van der Waals surface area (Å²) in [5.41, 5.74) is 2.90. The van der Waals surface area contributed by atoms with E-state index in [0.717, 1.165) is 16.7 Å². The van der Waals surface area contributed by atoms with Crippen LogP contribution >= 0.6 is 15.2 Å². The van der Waals surface area contributed by atoms with Gasteiger partial charge in [-0.05, 0) is 41.7 Å². The fourth-order valence-electron chi connectivity index (χ4n) is 2.89. The first-order valence-electron chi connectivity index (χ1n) is 9.56. The van der Waals surface area contributed by atoms with Gasteiger partial charge < -0.3 is 22.8 Å². The maximum atomic E-state index is 12.4. The minimum Gasteiger partial charge on any atom is -0.489 e. The van der Waals surface area contributed by atoms with Crippen LogP contribution < -0.4 is 4.74 Å². The van der Waals surface area contributed by atoms with Gasteiger partial charge in [-0.1, -0.05) is 36.4 Å². The largest absolute Gasteiger partial charge is 0.489 e. The first-order valence-corrected chi connectivity index (χ1v) is 13.0. The quantitative estimate of drug-likeness (QED) is 0.377. The molecule has 0 fully saturated rings. The molecule has 2 aromatic carbocycles. The van der Waals surface area contributed by atoms with Gasteiger partial charge >= 0.3 is 15.2 Å². The molecular formula is C21H30O7P2. The van der Waals surface area contributed by atoms with Gasteiger partial charge in [0.15, 0.2) is 0 Å². The number of rotatable bonds is 13. The fourth-order valence-corrected chi connectivity index (χ4v) is 4.98. The maximum absolute atomic E-state index is 12.4. The molecular weight excluding hydrogens is 426 g/mol. The van der Waals surface area contributed by atoms with E-state index in [1.165, 1.54) is 28.4 Å². The summed E-state index contributed by atoms with van der Waals surface area (Å²) >= 11 is 0. The van der Waals surface area contributed by atoms with Gasteiger partial charge in [0.25, 0.3) is 0 Å². The zero-order valence-electron chi connectivity index (χ0n) is 17.9. The summed E-state index contributed by atoms with van der Waals surface area (Å²) < 4.78 is 50.9. The van der Waals surface area contributed by atoms with Gasteiger partial charge in [-0.15, -0.1) is 0 Å². The van der Waals surface area contributed by atoms with E-state index in [1.54, 1.807) is 0 Å². The van der Waals surface area contributed by atoms with Crippen molar-refractivity contribution in [3.05, 3.63) is 65.2 Å². The Bertz CT molecular complexity index is 822. The predicted molar refractivity (Wildman–Crippen MR) is 118 cm³/mol. The summed E-state index contributed by atoms with van der Waals surface area (Å²) in [6.07, 6.45) is 1.47. The van der Waals surface area contributed by atoms with Gasteiger partial charge in [-0.3, -0.25) is 9.13 Å². The van der Waals surface area contributed by atoms with E-state index in [2.05, 4.69) is 0 Å². The molecule has 0 aliphatic heterocycles. The first kappa shape index (κ1) is 24.8. The minimum atomic E-state index is -3.12. The average molecular weight is 456 g/mol. The molecule has 0 heterocycles. The highest BCUT2D eigenvalue weighted by molar-refractivity contribution is 7.54. The summed E-state index contributed by atoms with van der Waals surface area (Å²) in [5.74, 6) is 0.681. The van der Waals surface area contributed by atoms with E-state index in [0.29, 0.717) is 25.2 Å². The first-order chi connectivity index (χ1) is 14.3. The van der Waals surface area contributed by atoms with Gasteiger partial charge in [-0.25, -0.2) is 0 Å². The van der Waals surface area contributed by atoms with Crippen molar-refractivity contribution in [2.24, 2.45) is 0 Å². The smallest absolute Gasteiger partial charge is 0.330 e. The van der Waals surface area contributed by atoms with Crippen molar-refractivity contribution in [1.82, 2.24) is 0 Å². The molecule has 0 aliphatic rings. The molecule has 2 aromatic rings. The van der Waals surface area contributed by atoms with Crippen LogP contribution in [-0.4, -0.2) is 40.8 Å². The molecule has 0 saturated carbocycles. The highest BCUT2D eigenvalue weighted by Gasteiger charge is 2.22. The second-order valence-corrected chi connectivity index (χ2v) is 11.5. The monoisotopic (exact) mass is 456 g/mol. The number of benzene rings is 2. The number of ether oxygens (including phenoxy) is 1. The molecule has 166 valence electrons. The van der Waals surface area contributed by atoms with Gasteiger partial charge in [-0.2, -0.15) is 0 Å². The lowest BCUT2D eigenvalue weighted by atomic mass is 10.1. The van der Waals surface area contributed by atoms with Crippen molar-refractivity contribution in [2.75, 3.05) is 40.8 Å². The molecule has 0 N–H and O–H groups in total. The Morgan fingerprint density at radius 3 is 1.57 bits per heavy atom. The van der Waals surface area contributed by atoms with Crippen LogP contribution in [0.1, 0.15) is 16.7 Å². The molecule has 0 atom stereocenters. The second kappa shape index (κ2) is 11.8. The molecule has 0 bridgehead atoms.